The van der Waals surface area contributed by atoms with Crippen LogP contribution in [0.15, 0.2) is 97.1 Å². The molecule has 0 radical (unpaired) electrons. The number of nitrogens with zero attached hydrogens (tertiary/aromatic N) is 2. The van der Waals surface area contributed by atoms with E-state index in [1.165, 1.54) is 23.6 Å². The molecule has 4 aromatic rings. The van der Waals surface area contributed by atoms with Crippen molar-refractivity contribution in [3.63, 3.8) is 0 Å². The van der Waals surface area contributed by atoms with E-state index in [-0.39, 0.29) is 18.9 Å². The molecule has 2 aliphatic rings. The number of benzene rings is 4. The summed E-state index contributed by atoms with van der Waals surface area (Å²) in [6.07, 6.45) is -2.17. The second kappa shape index (κ2) is 24.6. The number of hydrogen-bond acceptors (Lipinski definition) is 10. The second-order valence-corrected chi connectivity index (χ2v) is 28.4. The van der Waals surface area contributed by atoms with Gasteiger partial charge >= 0.3 is 11.9 Å². The molecule has 8 atom stereocenters. The van der Waals surface area contributed by atoms with Gasteiger partial charge in [0.15, 0.2) is 30.9 Å². The van der Waals surface area contributed by atoms with Crippen molar-refractivity contribution in [3.05, 3.63) is 139 Å². The van der Waals surface area contributed by atoms with Gasteiger partial charge in [0.05, 0.1) is 45.9 Å². The van der Waals surface area contributed by atoms with E-state index in [9.17, 15) is 46.2 Å². The highest BCUT2D eigenvalue weighted by Crippen LogP contribution is 2.50. The lowest BCUT2D eigenvalue weighted by Gasteiger charge is -2.51. The van der Waals surface area contributed by atoms with E-state index in [2.05, 4.69) is 0 Å². The second-order valence-electron chi connectivity index (χ2n) is 21.1. The topological polar surface area (TPSA) is 202 Å². The van der Waals surface area contributed by atoms with Crippen LogP contribution in [0.4, 0.5) is 0 Å². The number of hydrogen-bond donors (Lipinski definition) is 2. The molecule has 2 saturated heterocycles. The Hall–Kier alpha value is -4.26. The van der Waals surface area contributed by atoms with E-state index in [0.29, 0.717) is 55.2 Å². The lowest BCUT2D eigenvalue weighted by Crippen LogP contribution is -2.62. The van der Waals surface area contributed by atoms with Gasteiger partial charge in [-0.15, -0.1) is 0 Å². The minimum atomic E-state index is -3.64. The number of carboxylic acid groups (broad SMARTS) is 2. The van der Waals surface area contributed by atoms with Crippen molar-refractivity contribution in [1.82, 2.24) is 9.80 Å². The Balaban J connectivity index is 0.000000320. The number of carboxylic acids is 2. The number of rotatable bonds is 16. The first-order valence-corrected chi connectivity index (χ1v) is 28.9. The molecule has 14 nitrogen and oxygen atoms in total. The molecule has 0 aliphatic carbocycles. The van der Waals surface area contributed by atoms with E-state index < -0.39 is 113 Å². The molecule has 0 unspecified atom stereocenters. The Labute approximate surface area is 462 Å². The van der Waals surface area contributed by atoms with Gasteiger partial charge in [0.2, 0.25) is 0 Å². The maximum Gasteiger partial charge on any atom is 0.306 e. The number of halogens is 4. The predicted molar refractivity (Wildman–Crippen MR) is 296 cm³/mol. The Morgan fingerprint density at radius 3 is 1.12 bits per heavy atom. The summed E-state index contributed by atoms with van der Waals surface area (Å²) in [5.41, 5.74) is -0.856. The predicted octanol–water partition coefficient (Wildman–Crippen LogP) is 12.4. The lowest BCUT2D eigenvalue weighted by molar-refractivity contribution is -0.206. The van der Waals surface area contributed by atoms with E-state index >= 15 is 0 Å². The first kappa shape index (κ1) is 63.3. The number of sulfone groups is 2. The summed E-state index contributed by atoms with van der Waals surface area (Å²) in [4.78, 5) is 54.9. The van der Waals surface area contributed by atoms with E-state index in [1.54, 1.807) is 139 Å². The van der Waals surface area contributed by atoms with Crippen LogP contribution in [0.1, 0.15) is 149 Å². The molecule has 0 bridgehead atoms. The van der Waals surface area contributed by atoms with Crippen molar-refractivity contribution in [2.45, 2.75) is 159 Å². The summed E-state index contributed by atoms with van der Waals surface area (Å²) in [6.45, 7) is 16.2. The highest BCUT2D eigenvalue weighted by atomic mass is 35.5. The fraction of sp³-hybridized carbons (Fsp3) is 0.491. The molecule has 4 aromatic carbocycles. The van der Waals surface area contributed by atoms with E-state index in [4.69, 9.17) is 55.9 Å². The van der Waals surface area contributed by atoms with Gasteiger partial charge in [-0.3, -0.25) is 19.2 Å². The smallest absolute Gasteiger partial charge is 0.306 e. The molecule has 75 heavy (non-hydrogen) atoms. The maximum atomic E-state index is 14.1. The zero-order valence-electron chi connectivity index (χ0n) is 43.1. The van der Waals surface area contributed by atoms with Gasteiger partial charge in [0, 0.05) is 32.2 Å². The van der Waals surface area contributed by atoms with Crippen LogP contribution in [-0.4, -0.2) is 105 Å². The third kappa shape index (κ3) is 14.7. The van der Waals surface area contributed by atoms with Crippen LogP contribution in [-0.2, 0) is 48.3 Å². The SMILES string of the molecule is C.CC[C@@H](CS(=O)(=O)C(C)(C)C)N1C(=O)[C@@](C)(CC(=O)O)O[C@H](c2cccc(Cl)c2)[C@H]1c1ccc(Cl)cc1.CC[C@@H](CS(=O)(=O)C(C)(C)C)N1C(=O)[C@](C)(CC(=O)O)O[C@H](c2cccc(Cl)c2)[C@H]1c1ccc(Cl)cc1. The van der Waals surface area contributed by atoms with Crippen LogP contribution in [0.3, 0.4) is 0 Å². The van der Waals surface area contributed by atoms with Gasteiger partial charge in [-0.1, -0.05) is 116 Å². The summed E-state index contributed by atoms with van der Waals surface area (Å²) in [6, 6.07) is 24.7. The summed E-state index contributed by atoms with van der Waals surface area (Å²) in [7, 11) is -7.27. The van der Waals surface area contributed by atoms with Crippen molar-refractivity contribution >= 4 is 89.8 Å². The van der Waals surface area contributed by atoms with Gasteiger partial charge in [-0.25, -0.2) is 16.8 Å². The molecule has 412 valence electrons. The average Bonchev–Trinajstić information content (AvgIpc) is 3.29. The number of aliphatic carboxylic acids is 2. The van der Waals surface area contributed by atoms with Crippen LogP contribution in [0.5, 0.6) is 0 Å². The van der Waals surface area contributed by atoms with E-state index in [0.717, 1.165) is 0 Å². The molecule has 2 fully saturated rings. The van der Waals surface area contributed by atoms with Gasteiger partial charge in [-0.2, -0.15) is 0 Å². The quantitative estimate of drug-likeness (QED) is 0.108. The average molecular weight is 1160 g/mol. The van der Waals surface area contributed by atoms with Crippen molar-refractivity contribution in [2.24, 2.45) is 0 Å². The maximum absolute atomic E-state index is 14.1. The Morgan fingerprint density at radius 2 is 0.867 bits per heavy atom. The molecular formula is C55H70Cl4N2O12S2. The summed E-state index contributed by atoms with van der Waals surface area (Å²) >= 11 is 24.9. The highest BCUT2D eigenvalue weighted by Gasteiger charge is 2.56. The number of carbonyl (C=O) groups excluding carboxylic acids is 2. The van der Waals surface area contributed by atoms with Crippen molar-refractivity contribution < 1.29 is 55.7 Å². The normalized spacial score (nSPS) is 23.3. The Bertz CT molecular complexity index is 2710. The molecule has 6 rings (SSSR count). The summed E-state index contributed by atoms with van der Waals surface area (Å²) < 4.78 is 63.8. The summed E-state index contributed by atoms with van der Waals surface area (Å²) in [5, 5.41) is 21.2. The number of morpholine rings is 2. The largest absolute Gasteiger partial charge is 0.481 e. The van der Waals surface area contributed by atoms with Crippen LogP contribution in [0.2, 0.25) is 20.1 Å². The first-order valence-electron chi connectivity index (χ1n) is 24.1. The van der Waals surface area contributed by atoms with Gasteiger partial charge < -0.3 is 29.5 Å². The molecule has 2 N–H and O–H groups in total. The molecule has 0 spiro atoms. The molecule has 2 heterocycles. The fourth-order valence-corrected chi connectivity index (χ4v) is 12.6. The van der Waals surface area contributed by atoms with Crippen LogP contribution in [0, 0.1) is 0 Å². The van der Waals surface area contributed by atoms with E-state index in [1.807, 2.05) is 13.8 Å². The van der Waals surface area contributed by atoms with Crippen molar-refractivity contribution in [1.29, 1.82) is 0 Å². The van der Waals surface area contributed by atoms with Crippen molar-refractivity contribution in [2.75, 3.05) is 11.5 Å². The van der Waals surface area contributed by atoms with Crippen LogP contribution in [0.25, 0.3) is 0 Å². The highest BCUT2D eigenvalue weighted by molar-refractivity contribution is 7.93. The van der Waals surface area contributed by atoms with Gasteiger partial charge in [0.1, 0.15) is 12.2 Å². The monoisotopic (exact) mass is 1150 g/mol. The summed E-state index contributed by atoms with van der Waals surface area (Å²) in [5.74, 6) is -4.14. The minimum Gasteiger partial charge on any atom is -0.481 e. The molecule has 20 heteroatoms. The minimum absolute atomic E-state index is 0. The standard InChI is InChI=1S/2C27H33Cl2NO6S.CH4/c2*1-6-21(16-37(34,35)26(2,3)4)30-23(17-10-12-19(28)13-11-17)24(18-8-7-9-20(29)14-18)36-27(5,25(30)33)15-22(31)32;/h2*7-14,21,23-24H,6,15-16H2,1-5H3,(H,31,32);1H4/t21-,23+,24+,27+;21-,23+,24+,27-;/m00./s1. The number of ether oxygens (including phenoxy) is 2. The fourth-order valence-electron chi connectivity index (χ4n) is 9.13. The molecule has 0 saturated carbocycles. The molecule has 2 aliphatic heterocycles. The molecule has 0 aromatic heterocycles. The lowest BCUT2D eigenvalue weighted by atomic mass is 9.86. The zero-order chi connectivity index (χ0) is 55.5. The number of amides is 2. The third-order valence-electron chi connectivity index (χ3n) is 13.5. The molecule has 2 amide bonds. The van der Waals surface area contributed by atoms with Gasteiger partial charge in [0.25, 0.3) is 11.8 Å². The van der Waals surface area contributed by atoms with Gasteiger partial charge in [-0.05, 0) is 139 Å². The van der Waals surface area contributed by atoms with Crippen molar-refractivity contribution in [3.8, 4) is 0 Å². The third-order valence-corrected chi connectivity index (χ3v) is 19.8. The Kier molecular flexibility index (Phi) is 20.8. The first-order chi connectivity index (χ1) is 34.2. The number of carbonyl (C=O) groups is 4. The Morgan fingerprint density at radius 1 is 0.560 bits per heavy atom. The zero-order valence-corrected chi connectivity index (χ0v) is 47.8. The van der Waals surface area contributed by atoms with Crippen LogP contribution < -0.4 is 0 Å². The van der Waals surface area contributed by atoms with Crippen LogP contribution >= 0.6 is 46.4 Å². The molecular weight excluding hydrogens is 1090 g/mol.